The highest BCUT2D eigenvalue weighted by atomic mass is 32.1. The Labute approximate surface area is 147 Å². The van der Waals surface area contributed by atoms with E-state index in [4.69, 9.17) is 0 Å². The van der Waals surface area contributed by atoms with Crippen molar-refractivity contribution < 1.29 is 9.90 Å². The van der Waals surface area contributed by atoms with E-state index in [1.165, 1.54) is 0 Å². The van der Waals surface area contributed by atoms with E-state index in [1.807, 2.05) is 42.6 Å². The largest absolute Gasteiger partial charge is 0.389 e. The molecule has 24 heavy (non-hydrogen) atoms. The van der Waals surface area contributed by atoms with Gasteiger partial charge in [0.15, 0.2) is 0 Å². The first kappa shape index (κ1) is 18.4. The van der Waals surface area contributed by atoms with Crippen LogP contribution in [0.1, 0.15) is 26.5 Å². The van der Waals surface area contributed by atoms with Gasteiger partial charge in [0.25, 0.3) is 0 Å². The number of aromatic nitrogens is 1. The molecular weight excluding hydrogens is 322 g/mol. The van der Waals surface area contributed by atoms with Crippen LogP contribution in [0, 0.1) is 0 Å². The highest BCUT2D eigenvalue weighted by molar-refractivity contribution is 7.13. The number of carbonyl (C=O) groups excluding carboxylic acids is 1. The molecular formula is C18H25N3O2S. The van der Waals surface area contributed by atoms with E-state index in [2.05, 4.69) is 10.3 Å². The number of rotatable bonds is 7. The third-order valence-electron chi connectivity index (χ3n) is 3.48. The summed E-state index contributed by atoms with van der Waals surface area (Å²) in [6, 6.07) is 9.91. The van der Waals surface area contributed by atoms with Gasteiger partial charge in [-0.2, -0.15) is 0 Å². The first-order valence-electron chi connectivity index (χ1n) is 8.14. The molecule has 2 amide bonds. The van der Waals surface area contributed by atoms with E-state index in [0.717, 1.165) is 16.3 Å². The number of benzene rings is 1. The molecule has 6 heteroatoms. The van der Waals surface area contributed by atoms with Crippen LogP contribution in [0.2, 0.25) is 0 Å². The van der Waals surface area contributed by atoms with Crippen LogP contribution in [-0.4, -0.2) is 46.3 Å². The second-order valence-corrected chi connectivity index (χ2v) is 7.18. The van der Waals surface area contributed by atoms with Gasteiger partial charge in [0.05, 0.1) is 17.8 Å². The van der Waals surface area contributed by atoms with Gasteiger partial charge in [-0.1, -0.05) is 30.3 Å². The third kappa shape index (κ3) is 5.62. The molecule has 1 aromatic carbocycles. The van der Waals surface area contributed by atoms with Gasteiger partial charge < -0.3 is 15.3 Å². The molecule has 0 bridgehead atoms. The molecule has 0 aliphatic heterocycles. The fraction of sp³-hybridized carbons (Fsp3) is 0.444. The van der Waals surface area contributed by atoms with Gasteiger partial charge in [-0.3, -0.25) is 0 Å². The smallest absolute Gasteiger partial charge is 0.317 e. The highest BCUT2D eigenvalue weighted by Gasteiger charge is 2.20. The molecule has 0 fully saturated rings. The van der Waals surface area contributed by atoms with E-state index in [-0.39, 0.29) is 6.03 Å². The fourth-order valence-corrected chi connectivity index (χ4v) is 3.20. The normalized spacial score (nSPS) is 11.3. The summed E-state index contributed by atoms with van der Waals surface area (Å²) in [6.45, 7) is 6.69. The zero-order valence-corrected chi connectivity index (χ0v) is 15.3. The number of carbonyl (C=O) groups is 1. The minimum Gasteiger partial charge on any atom is -0.389 e. The van der Waals surface area contributed by atoms with Crippen molar-refractivity contribution in [3.8, 4) is 10.6 Å². The standard InChI is InChI=1S/C18H25N3O2S/c1-4-21(13-18(2,3)23)17(22)19-11-10-15-12-24-16(20-15)14-8-6-5-7-9-14/h5-9,12,23H,4,10-11,13H2,1-3H3,(H,19,22). The Kier molecular flexibility index (Phi) is 6.34. The highest BCUT2D eigenvalue weighted by Crippen LogP contribution is 2.23. The lowest BCUT2D eigenvalue weighted by Gasteiger charge is -2.28. The van der Waals surface area contributed by atoms with Crippen LogP contribution in [0.5, 0.6) is 0 Å². The number of hydrogen-bond donors (Lipinski definition) is 2. The van der Waals surface area contributed by atoms with E-state index in [1.54, 1.807) is 30.1 Å². The van der Waals surface area contributed by atoms with Crippen molar-refractivity contribution in [2.24, 2.45) is 0 Å². The average Bonchev–Trinajstić information content (AvgIpc) is 3.01. The predicted molar refractivity (Wildman–Crippen MR) is 98.2 cm³/mol. The van der Waals surface area contributed by atoms with Crippen molar-refractivity contribution in [2.75, 3.05) is 19.6 Å². The minimum absolute atomic E-state index is 0.155. The maximum absolute atomic E-state index is 12.2. The van der Waals surface area contributed by atoms with Gasteiger partial charge in [0.2, 0.25) is 0 Å². The van der Waals surface area contributed by atoms with E-state index in [9.17, 15) is 9.90 Å². The molecule has 0 atom stereocenters. The number of likely N-dealkylation sites (N-methyl/N-ethyl adjacent to an activating group) is 1. The molecule has 5 nitrogen and oxygen atoms in total. The summed E-state index contributed by atoms with van der Waals surface area (Å²) in [4.78, 5) is 18.4. The predicted octanol–water partition coefficient (Wildman–Crippen LogP) is 3.16. The molecule has 0 spiro atoms. The van der Waals surface area contributed by atoms with Crippen LogP contribution < -0.4 is 5.32 Å². The van der Waals surface area contributed by atoms with Crippen molar-refractivity contribution in [1.82, 2.24) is 15.2 Å². The van der Waals surface area contributed by atoms with Crippen LogP contribution in [0.3, 0.4) is 0 Å². The van der Waals surface area contributed by atoms with Crippen molar-refractivity contribution in [3.05, 3.63) is 41.4 Å². The number of nitrogens with one attached hydrogen (secondary N) is 1. The lowest BCUT2D eigenvalue weighted by atomic mass is 10.1. The Bertz CT molecular complexity index is 650. The molecule has 0 unspecified atom stereocenters. The number of hydrogen-bond acceptors (Lipinski definition) is 4. The zero-order valence-electron chi connectivity index (χ0n) is 14.5. The minimum atomic E-state index is -0.896. The molecule has 0 aliphatic rings. The van der Waals surface area contributed by atoms with E-state index in [0.29, 0.717) is 26.1 Å². The SMILES string of the molecule is CCN(CC(C)(C)O)C(=O)NCCc1csc(-c2ccccc2)n1. The molecule has 1 heterocycles. The first-order valence-corrected chi connectivity index (χ1v) is 9.02. The Morgan fingerprint density at radius 1 is 1.33 bits per heavy atom. The molecule has 0 saturated carbocycles. The Morgan fingerprint density at radius 3 is 2.67 bits per heavy atom. The summed E-state index contributed by atoms with van der Waals surface area (Å²) in [5.41, 5.74) is 1.19. The number of aliphatic hydroxyl groups is 1. The maximum Gasteiger partial charge on any atom is 0.317 e. The second kappa shape index (κ2) is 8.26. The van der Waals surface area contributed by atoms with Crippen LogP contribution in [0.4, 0.5) is 4.79 Å². The van der Waals surface area contributed by atoms with Crippen molar-refractivity contribution in [1.29, 1.82) is 0 Å². The first-order chi connectivity index (χ1) is 11.4. The van der Waals surface area contributed by atoms with Gasteiger partial charge in [-0.15, -0.1) is 11.3 Å². The lowest BCUT2D eigenvalue weighted by molar-refractivity contribution is 0.0480. The summed E-state index contributed by atoms with van der Waals surface area (Å²) < 4.78 is 0. The Balaban J connectivity index is 1.84. The Hall–Kier alpha value is -1.92. The molecule has 2 N–H and O–H groups in total. The van der Waals surface area contributed by atoms with Gasteiger partial charge in [0.1, 0.15) is 5.01 Å². The monoisotopic (exact) mass is 347 g/mol. The van der Waals surface area contributed by atoms with Crippen molar-refractivity contribution in [2.45, 2.75) is 32.8 Å². The molecule has 1 aromatic heterocycles. The van der Waals surface area contributed by atoms with Gasteiger partial charge in [-0.25, -0.2) is 9.78 Å². The van der Waals surface area contributed by atoms with Gasteiger partial charge >= 0.3 is 6.03 Å². The molecule has 2 aromatic rings. The summed E-state index contributed by atoms with van der Waals surface area (Å²) in [5.74, 6) is 0. The Morgan fingerprint density at radius 2 is 2.04 bits per heavy atom. The van der Waals surface area contributed by atoms with Gasteiger partial charge in [0, 0.05) is 30.5 Å². The number of thiazole rings is 1. The van der Waals surface area contributed by atoms with E-state index < -0.39 is 5.60 Å². The third-order valence-corrected chi connectivity index (χ3v) is 4.42. The summed E-state index contributed by atoms with van der Waals surface area (Å²) in [5, 5.41) is 15.8. The van der Waals surface area contributed by atoms with Crippen LogP contribution >= 0.6 is 11.3 Å². The summed E-state index contributed by atoms with van der Waals surface area (Å²) in [6.07, 6.45) is 0.690. The quantitative estimate of drug-likeness (QED) is 0.808. The summed E-state index contributed by atoms with van der Waals surface area (Å²) in [7, 11) is 0. The van der Waals surface area contributed by atoms with Crippen LogP contribution in [0.15, 0.2) is 35.7 Å². The summed E-state index contributed by atoms with van der Waals surface area (Å²) >= 11 is 1.61. The van der Waals surface area contributed by atoms with E-state index >= 15 is 0 Å². The second-order valence-electron chi connectivity index (χ2n) is 6.32. The van der Waals surface area contributed by atoms with Crippen LogP contribution in [-0.2, 0) is 6.42 Å². The maximum atomic E-state index is 12.2. The topological polar surface area (TPSA) is 65.5 Å². The number of amides is 2. The van der Waals surface area contributed by atoms with Gasteiger partial charge in [-0.05, 0) is 20.8 Å². The molecule has 0 radical (unpaired) electrons. The zero-order chi connectivity index (χ0) is 17.6. The lowest BCUT2D eigenvalue weighted by Crippen LogP contribution is -2.47. The molecule has 0 aliphatic carbocycles. The van der Waals surface area contributed by atoms with Crippen molar-refractivity contribution in [3.63, 3.8) is 0 Å². The van der Waals surface area contributed by atoms with Crippen molar-refractivity contribution >= 4 is 17.4 Å². The molecule has 0 saturated heterocycles. The molecule has 2 rings (SSSR count). The average molecular weight is 347 g/mol. The number of urea groups is 1. The molecule has 130 valence electrons. The van der Waals surface area contributed by atoms with Crippen LogP contribution in [0.25, 0.3) is 10.6 Å². The fourth-order valence-electron chi connectivity index (χ4n) is 2.34. The number of nitrogens with zero attached hydrogens (tertiary/aromatic N) is 2.